The van der Waals surface area contributed by atoms with E-state index in [-0.39, 0.29) is 17.1 Å². The SMILES string of the molecule is Cc1cccc(C(C)CC(=O)c2ccc(C(C)(C)C)cc2)n1. The summed E-state index contributed by atoms with van der Waals surface area (Å²) in [5.41, 5.74) is 4.12. The summed E-state index contributed by atoms with van der Waals surface area (Å²) in [4.78, 5) is 17.0. The van der Waals surface area contributed by atoms with Crippen molar-refractivity contribution in [3.8, 4) is 0 Å². The van der Waals surface area contributed by atoms with Gasteiger partial charge in [0.15, 0.2) is 5.78 Å². The van der Waals surface area contributed by atoms with E-state index in [1.165, 1.54) is 5.56 Å². The fourth-order valence-corrected chi connectivity index (χ4v) is 2.50. The molecule has 0 saturated heterocycles. The van der Waals surface area contributed by atoms with Gasteiger partial charge in [-0.3, -0.25) is 9.78 Å². The summed E-state index contributed by atoms with van der Waals surface area (Å²) in [7, 11) is 0. The molecule has 0 spiro atoms. The Bertz CT molecular complexity index is 650. The largest absolute Gasteiger partial charge is 0.294 e. The molecule has 1 unspecified atom stereocenters. The fraction of sp³-hybridized carbons (Fsp3) is 0.400. The van der Waals surface area contributed by atoms with Crippen LogP contribution in [0, 0.1) is 6.92 Å². The molecule has 1 heterocycles. The minimum atomic E-state index is 0.111. The molecule has 0 N–H and O–H groups in total. The van der Waals surface area contributed by atoms with E-state index in [4.69, 9.17) is 0 Å². The maximum Gasteiger partial charge on any atom is 0.163 e. The fourth-order valence-electron chi connectivity index (χ4n) is 2.50. The molecule has 116 valence electrons. The van der Waals surface area contributed by atoms with Gasteiger partial charge in [0.1, 0.15) is 0 Å². The number of ketones is 1. The molecule has 1 aromatic heterocycles. The molecule has 0 bridgehead atoms. The first-order valence-corrected chi connectivity index (χ1v) is 7.84. The van der Waals surface area contributed by atoms with Gasteiger partial charge in [-0.1, -0.05) is 58.0 Å². The van der Waals surface area contributed by atoms with Gasteiger partial charge in [-0.25, -0.2) is 0 Å². The van der Waals surface area contributed by atoms with Crippen LogP contribution in [-0.2, 0) is 5.41 Å². The van der Waals surface area contributed by atoms with Crippen molar-refractivity contribution in [2.24, 2.45) is 0 Å². The van der Waals surface area contributed by atoms with E-state index in [1.54, 1.807) is 0 Å². The van der Waals surface area contributed by atoms with Crippen LogP contribution in [0.3, 0.4) is 0 Å². The van der Waals surface area contributed by atoms with Crippen LogP contribution >= 0.6 is 0 Å². The maximum atomic E-state index is 12.4. The van der Waals surface area contributed by atoms with Crippen LogP contribution in [0.2, 0.25) is 0 Å². The van der Waals surface area contributed by atoms with Crippen LogP contribution in [0.25, 0.3) is 0 Å². The standard InChI is InChI=1S/C20H25NO/c1-14(18-8-6-7-15(2)21-18)13-19(22)16-9-11-17(12-10-16)20(3,4)5/h6-12,14H,13H2,1-5H3. The Balaban J connectivity index is 2.09. The van der Waals surface area contributed by atoms with E-state index < -0.39 is 0 Å². The summed E-state index contributed by atoms with van der Waals surface area (Å²) in [5, 5.41) is 0. The lowest BCUT2D eigenvalue weighted by atomic mass is 9.86. The predicted octanol–water partition coefficient (Wildman–Crippen LogP) is 5.06. The third-order valence-electron chi connectivity index (χ3n) is 3.98. The van der Waals surface area contributed by atoms with Gasteiger partial charge < -0.3 is 0 Å². The van der Waals surface area contributed by atoms with Crippen molar-refractivity contribution in [1.82, 2.24) is 4.98 Å². The molecule has 0 aliphatic heterocycles. The summed E-state index contributed by atoms with van der Waals surface area (Å²) < 4.78 is 0. The number of carbonyl (C=O) groups excluding carboxylic acids is 1. The first kappa shape index (κ1) is 16.4. The average molecular weight is 295 g/mol. The first-order chi connectivity index (χ1) is 10.3. The number of nitrogens with zero attached hydrogens (tertiary/aromatic N) is 1. The summed E-state index contributed by atoms with van der Waals surface area (Å²) in [6, 6.07) is 14.0. The summed E-state index contributed by atoms with van der Waals surface area (Å²) in [6.07, 6.45) is 0.491. The highest BCUT2D eigenvalue weighted by molar-refractivity contribution is 5.96. The highest BCUT2D eigenvalue weighted by Gasteiger charge is 2.16. The van der Waals surface area contributed by atoms with Crippen LogP contribution in [0.5, 0.6) is 0 Å². The summed E-state index contributed by atoms with van der Waals surface area (Å²) >= 11 is 0. The first-order valence-electron chi connectivity index (χ1n) is 7.84. The van der Waals surface area contributed by atoms with E-state index in [9.17, 15) is 4.79 Å². The molecular formula is C20H25NO. The number of aromatic nitrogens is 1. The molecule has 1 atom stereocenters. The molecule has 2 nitrogen and oxygen atoms in total. The van der Waals surface area contributed by atoms with Crippen LogP contribution in [0.4, 0.5) is 0 Å². The van der Waals surface area contributed by atoms with E-state index in [1.807, 2.05) is 37.3 Å². The Morgan fingerprint density at radius 3 is 2.27 bits per heavy atom. The van der Waals surface area contributed by atoms with Crippen LogP contribution in [0.15, 0.2) is 42.5 Å². The Labute approximate surface area is 133 Å². The topological polar surface area (TPSA) is 30.0 Å². The van der Waals surface area contributed by atoms with Crippen molar-refractivity contribution in [2.75, 3.05) is 0 Å². The monoisotopic (exact) mass is 295 g/mol. The van der Waals surface area contributed by atoms with Crippen molar-refractivity contribution >= 4 is 5.78 Å². The van der Waals surface area contributed by atoms with Crippen molar-refractivity contribution in [3.63, 3.8) is 0 Å². The van der Waals surface area contributed by atoms with Crippen LogP contribution in [-0.4, -0.2) is 10.8 Å². The number of aryl methyl sites for hydroxylation is 1. The quantitative estimate of drug-likeness (QED) is 0.738. The van der Waals surface area contributed by atoms with E-state index >= 15 is 0 Å². The maximum absolute atomic E-state index is 12.4. The molecule has 0 saturated carbocycles. The number of benzene rings is 1. The third kappa shape index (κ3) is 4.03. The Morgan fingerprint density at radius 1 is 1.09 bits per heavy atom. The number of hydrogen-bond donors (Lipinski definition) is 0. The molecule has 0 amide bonds. The predicted molar refractivity (Wildman–Crippen MR) is 91.5 cm³/mol. The minimum Gasteiger partial charge on any atom is -0.294 e. The number of Topliss-reactive ketones (excluding diaryl/α,β-unsaturated/α-hetero) is 1. The van der Waals surface area contributed by atoms with Crippen molar-refractivity contribution in [2.45, 2.75) is 52.4 Å². The zero-order valence-electron chi connectivity index (χ0n) is 14.2. The molecule has 0 aliphatic carbocycles. The van der Waals surface area contributed by atoms with Gasteiger partial charge in [-0.05, 0) is 30.0 Å². The van der Waals surface area contributed by atoms with Crippen LogP contribution < -0.4 is 0 Å². The van der Waals surface area contributed by atoms with Crippen LogP contribution in [0.1, 0.15) is 67.3 Å². The molecule has 2 rings (SSSR count). The Morgan fingerprint density at radius 2 is 1.73 bits per heavy atom. The second kappa shape index (κ2) is 6.43. The van der Waals surface area contributed by atoms with Gasteiger partial charge >= 0.3 is 0 Å². The summed E-state index contributed by atoms with van der Waals surface area (Å²) in [6.45, 7) is 10.6. The highest BCUT2D eigenvalue weighted by Crippen LogP contribution is 2.24. The van der Waals surface area contributed by atoms with E-state index in [0.29, 0.717) is 6.42 Å². The van der Waals surface area contributed by atoms with Gasteiger partial charge in [0, 0.05) is 29.3 Å². The molecule has 0 aliphatic rings. The number of pyridine rings is 1. The zero-order chi connectivity index (χ0) is 16.3. The lowest BCUT2D eigenvalue weighted by molar-refractivity contribution is 0.0975. The van der Waals surface area contributed by atoms with Crippen molar-refractivity contribution in [1.29, 1.82) is 0 Å². The van der Waals surface area contributed by atoms with Gasteiger partial charge in [0.2, 0.25) is 0 Å². The molecule has 1 aromatic carbocycles. The van der Waals surface area contributed by atoms with Crippen molar-refractivity contribution in [3.05, 3.63) is 65.0 Å². The second-order valence-electron chi connectivity index (χ2n) is 7.06. The molecule has 2 heteroatoms. The average Bonchev–Trinajstić information content (AvgIpc) is 2.46. The lowest BCUT2D eigenvalue weighted by Gasteiger charge is -2.19. The summed E-state index contributed by atoms with van der Waals surface area (Å²) in [5.74, 6) is 0.311. The highest BCUT2D eigenvalue weighted by atomic mass is 16.1. The Kier molecular flexibility index (Phi) is 4.80. The third-order valence-corrected chi connectivity index (χ3v) is 3.98. The van der Waals surface area contributed by atoms with E-state index in [0.717, 1.165) is 17.0 Å². The lowest BCUT2D eigenvalue weighted by Crippen LogP contribution is -2.12. The Hall–Kier alpha value is -1.96. The number of rotatable bonds is 4. The van der Waals surface area contributed by atoms with Gasteiger partial charge in [-0.2, -0.15) is 0 Å². The minimum absolute atomic E-state index is 0.111. The zero-order valence-corrected chi connectivity index (χ0v) is 14.2. The normalized spacial score (nSPS) is 13.0. The number of hydrogen-bond acceptors (Lipinski definition) is 2. The van der Waals surface area contributed by atoms with E-state index in [2.05, 4.69) is 44.8 Å². The molecule has 2 aromatic rings. The molecule has 22 heavy (non-hydrogen) atoms. The molecule has 0 fully saturated rings. The molecular weight excluding hydrogens is 270 g/mol. The number of carbonyl (C=O) groups is 1. The smallest absolute Gasteiger partial charge is 0.163 e. The van der Waals surface area contributed by atoms with Crippen molar-refractivity contribution < 1.29 is 4.79 Å². The second-order valence-corrected chi connectivity index (χ2v) is 7.06. The molecule has 0 radical (unpaired) electrons. The van der Waals surface area contributed by atoms with Gasteiger partial charge in [0.25, 0.3) is 0 Å². The van der Waals surface area contributed by atoms with Gasteiger partial charge in [0.05, 0.1) is 0 Å². The van der Waals surface area contributed by atoms with Gasteiger partial charge in [-0.15, -0.1) is 0 Å².